The molecule has 0 bridgehead atoms. The molecule has 1 aromatic heterocycles. The van der Waals surface area contributed by atoms with Crippen molar-refractivity contribution >= 4 is 11.0 Å². The second-order valence-corrected chi connectivity index (χ2v) is 3.45. The van der Waals surface area contributed by atoms with E-state index >= 15 is 0 Å². The molecule has 0 fully saturated rings. The first-order valence-corrected chi connectivity index (χ1v) is 5.03. The monoisotopic (exact) mass is 204 g/mol. The summed E-state index contributed by atoms with van der Waals surface area (Å²) in [4.78, 5) is 8.51. The Kier molecular flexibility index (Phi) is 2.11. The van der Waals surface area contributed by atoms with E-state index in [1.807, 2.05) is 36.4 Å². The van der Waals surface area contributed by atoms with E-state index in [1.54, 1.807) is 12.4 Å². The fourth-order valence-electron chi connectivity index (χ4n) is 1.64. The van der Waals surface area contributed by atoms with E-state index in [0.29, 0.717) is 0 Å². The molecule has 16 heavy (non-hydrogen) atoms. The Labute approximate surface area is 93.6 Å². The number of benzene rings is 2. The minimum atomic E-state index is 0.894. The molecule has 0 saturated heterocycles. The summed E-state index contributed by atoms with van der Waals surface area (Å²) in [6.45, 7) is 0. The molecule has 0 aliphatic rings. The third kappa shape index (κ3) is 1.54. The predicted octanol–water partition coefficient (Wildman–Crippen LogP) is 2.90. The highest BCUT2D eigenvalue weighted by Gasteiger charge is 2.00. The smallest absolute Gasteiger partial charge is 0.0892 e. The molecule has 2 nitrogen and oxygen atoms in total. The van der Waals surface area contributed by atoms with Crippen LogP contribution in [0.4, 0.5) is 0 Å². The third-order valence-corrected chi connectivity index (χ3v) is 2.41. The first-order chi connectivity index (χ1) is 7.93. The minimum Gasteiger partial charge on any atom is -0.253 e. The lowest BCUT2D eigenvalue weighted by molar-refractivity contribution is 1.29. The van der Waals surface area contributed by atoms with Gasteiger partial charge in [0, 0.05) is 12.4 Å². The number of hydrogen-bond donors (Lipinski definition) is 0. The van der Waals surface area contributed by atoms with Crippen LogP contribution in [0.25, 0.3) is 22.2 Å². The average Bonchev–Trinajstić information content (AvgIpc) is 2.39. The quantitative estimate of drug-likeness (QED) is 0.609. The Morgan fingerprint density at radius 1 is 0.875 bits per heavy atom. The highest BCUT2D eigenvalue weighted by molar-refractivity contribution is 5.80. The molecule has 0 amide bonds. The van der Waals surface area contributed by atoms with E-state index in [-0.39, 0.29) is 0 Å². The fraction of sp³-hybridized carbons (Fsp3) is 0. The van der Waals surface area contributed by atoms with Crippen molar-refractivity contribution in [3.63, 3.8) is 0 Å². The summed E-state index contributed by atoms with van der Waals surface area (Å²) >= 11 is 0. The van der Waals surface area contributed by atoms with Crippen molar-refractivity contribution < 1.29 is 0 Å². The zero-order valence-electron chi connectivity index (χ0n) is 8.51. The molecule has 0 aliphatic heterocycles. The summed E-state index contributed by atoms with van der Waals surface area (Å²) in [5.74, 6) is 0. The van der Waals surface area contributed by atoms with Crippen LogP contribution in [0, 0.1) is 12.1 Å². The van der Waals surface area contributed by atoms with Crippen LogP contribution >= 0.6 is 0 Å². The number of nitrogens with zero attached hydrogens (tertiary/aromatic N) is 2. The van der Waals surface area contributed by atoms with Gasteiger partial charge >= 0.3 is 0 Å². The van der Waals surface area contributed by atoms with Crippen molar-refractivity contribution in [2.75, 3.05) is 0 Å². The van der Waals surface area contributed by atoms with Crippen LogP contribution < -0.4 is 0 Å². The molecule has 0 aliphatic carbocycles. The molecule has 2 heteroatoms. The molecule has 0 atom stereocenters. The van der Waals surface area contributed by atoms with Gasteiger partial charge in [-0.1, -0.05) is 24.3 Å². The van der Waals surface area contributed by atoms with Crippen LogP contribution in [-0.2, 0) is 0 Å². The van der Waals surface area contributed by atoms with Crippen molar-refractivity contribution in [1.29, 1.82) is 0 Å². The lowest BCUT2D eigenvalue weighted by Gasteiger charge is -2.01. The lowest BCUT2D eigenvalue weighted by Crippen LogP contribution is -1.84. The molecular formula is C14H8N2. The minimum absolute atomic E-state index is 0.894. The van der Waals surface area contributed by atoms with Crippen molar-refractivity contribution in [3.8, 4) is 11.1 Å². The average molecular weight is 204 g/mol. The van der Waals surface area contributed by atoms with Gasteiger partial charge in [0.1, 0.15) is 0 Å². The molecule has 3 aromatic rings. The molecule has 1 heterocycles. The maximum Gasteiger partial charge on any atom is 0.0892 e. The van der Waals surface area contributed by atoms with Gasteiger partial charge < -0.3 is 0 Å². The van der Waals surface area contributed by atoms with Crippen molar-refractivity contribution in [3.05, 3.63) is 60.9 Å². The molecule has 3 rings (SSSR count). The lowest BCUT2D eigenvalue weighted by atomic mass is 10.1. The van der Waals surface area contributed by atoms with Gasteiger partial charge in [0.2, 0.25) is 0 Å². The fourth-order valence-corrected chi connectivity index (χ4v) is 1.64. The van der Waals surface area contributed by atoms with Gasteiger partial charge in [-0.3, -0.25) is 9.97 Å². The number of hydrogen-bond acceptors (Lipinski definition) is 2. The van der Waals surface area contributed by atoms with Crippen molar-refractivity contribution in [2.24, 2.45) is 0 Å². The summed E-state index contributed by atoms with van der Waals surface area (Å²) in [7, 11) is 0. The number of rotatable bonds is 1. The van der Waals surface area contributed by atoms with Crippen molar-refractivity contribution in [1.82, 2.24) is 9.97 Å². The van der Waals surface area contributed by atoms with E-state index in [9.17, 15) is 0 Å². The second kappa shape index (κ2) is 3.74. The number of aromatic nitrogens is 2. The first-order valence-electron chi connectivity index (χ1n) is 5.03. The topological polar surface area (TPSA) is 25.8 Å². The van der Waals surface area contributed by atoms with Gasteiger partial charge in [-0.05, 0) is 35.4 Å². The van der Waals surface area contributed by atoms with E-state index in [4.69, 9.17) is 0 Å². The van der Waals surface area contributed by atoms with E-state index in [2.05, 4.69) is 22.1 Å². The van der Waals surface area contributed by atoms with Crippen LogP contribution in [0.5, 0.6) is 0 Å². The van der Waals surface area contributed by atoms with Crippen LogP contribution in [0.15, 0.2) is 48.8 Å². The molecule has 0 N–H and O–H groups in total. The van der Waals surface area contributed by atoms with Gasteiger partial charge in [0.25, 0.3) is 0 Å². The van der Waals surface area contributed by atoms with E-state index in [0.717, 1.165) is 22.2 Å². The molecule has 2 aromatic carbocycles. The summed E-state index contributed by atoms with van der Waals surface area (Å²) in [5.41, 5.74) is 3.82. The van der Waals surface area contributed by atoms with Crippen LogP contribution in [0.3, 0.4) is 0 Å². The standard InChI is InChI=1S/C14H8N2/c1-2-4-11(5-3-1)12-6-7-13-14(10-12)16-9-8-15-13/h1-3,6-10H. The Hall–Kier alpha value is -2.22. The highest BCUT2D eigenvalue weighted by atomic mass is 14.8. The normalized spacial score (nSPS) is 10.5. The van der Waals surface area contributed by atoms with Gasteiger partial charge in [-0.15, -0.1) is 0 Å². The van der Waals surface area contributed by atoms with Crippen LogP contribution in [0.1, 0.15) is 0 Å². The first kappa shape index (κ1) is 9.04. The Morgan fingerprint density at radius 2 is 1.62 bits per heavy atom. The third-order valence-electron chi connectivity index (χ3n) is 2.41. The SMILES string of the molecule is [c]1ccc[c]c1-c1ccc2nccnc2c1. The number of fused-ring (bicyclic) bond motifs is 1. The summed E-state index contributed by atoms with van der Waals surface area (Å²) in [5, 5.41) is 0. The van der Waals surface area contributed by atoms with Gasteiger partial charge in [0.15, 0.2) is 0 Å². The predicted molar refractivity (Wildman–Crippen MR) is 62.6 cm³/mol. The van der Waals surface area contributed by atoms with Gasteiger partial charge in [-0.2, -0.15) is 0 Å². The highest BCUT2D eigenvalue weighted by Crippen LogP contribution is 2.21. The molecule has 0 spiro atoms. The molecule has 2 radical (unpaired) electrons. The van der Waals surface area contributed by atoms with E-state index < -0.39 is 0 Å². The molecule has 74 valence electrons. The van der Waals surface area contributed by atoms with Crippen molar-refractivity contribution in [2.45, 2.75) is 0 Å². The zero-order valence-corrected chi connectivity index (χ0v) is 8.51. The molecule has 0 unspecified atom stereocenters. The second-order valence-electron chi connectivity index (χ2n) is 3.45. The summed E-state index contributed by atoms with van der Waals surface area (Å²) < 4.78 is 0. The van der Waals surface area contributed by atoms with Crippen LogP contribution in [0.2, 0.25) is 0 Å². The maximum absolute atomic E-state index is 4.28. The maximum atomic E-state index is 4.28. The molecule has 0 saturated carbocycles. The van der Waals surface area contributed by atoms with Gasteiger partial charge in [-0.25, -0.2) is 0 Å². The zero-order chi connectivity index (χ0) is 10.8. The summed E-state index contributed by atoms with van der Waals surface area (Å²) in [6, 6.07) is 17.9. The molecular weight excluding hydrogens is 196 g/mol. The largest absolute Gasteiger partial charge is 0.253 e. The van der Waals surface area contributed by atoms with Gasteiger partial charge in [0.05, 0.1) is 11.0 Å². The van der Waals surface area contributed by atoms with E-state index in [1.165, 1.54) is 0 Å². The summed E-state index contributed by atoms with van der Waals surface area (Å²) in [6.07, 6.45) is 3.40. The van der Waals surface area contributed by atoms with Crippen LogP contribution in [-0.4, -0.2) is 9.97 Å². The Balaban J connectivity index is 2.19. The Bertz CT molecular complexity index is 618. The Morgan fingerprint density at radius 3 is 2.44 bits per heavy atom.